The lowest BCUT2D eigenvalue weighted by Crippen LogP contribution is -2.34. The van der Waals surface area contributed by atoms with Crippen LogP contribution in [0.5, 0.6) is 0 Å². The molecule has 0 saturated heterocycles. The van der Waals surface area contributed by atoms with Gasteiger partial charge in [-0.15, -0.1) is 5.10 Å². The van der Waals surface area contributed by atoms with Crippen LogP contribution in [0.3, 0.4) is 0 Å². The molecule has 0 bridgehead atoms. The van der Waals surface area contributed by atoms with E-state index in [-0.39, 0.29) is 5.91 Å². The first kappa shape index (κ1) is 26.2. The molecule has 2 aromatic carbocycles. The number of ether oxygens (including phenoxy) is 1. The van der Waals surface area contributed by atoms with E-state index < -0.39 is 0 Å². The summed E-state index contributed by atoms with van der Waals surface area (Å²) in [6.45, 7) is 7.10. The molecule has 0 unspecified atom stereocenters. The van der Waals surface area contributed by atoms with Crippen molar-refractivity contribution < 1.29 is 9.53 Å². The van der Waals surface area contributed by atoms with Gasteiger partial charge in [-0.3, -0.25) is 9.78 Å². The first-order chi connectivity index (χ1) is 18.1. The fraction of sp³-hybridized carbons (Fsp3) is 0.310. The van der Waals surface area contributed by atoms with Crippen LogP contribution in [0.15, 0.2) is 72.9 Å². The zero-order valence-electron chi connectivity index (χ0n) is 21.7. The molecule has 192 valence electrons. The molecular formula is C29H34N6O2. The number of benzene rings is 2. The lowest BCUT2D eigenvalue weighted by molar-refractivity contribution is 0.0673. The minimum Gasteiger partial charge on any atom is -0.383 e. The van der Waals surface area contributed by atoms with Gasteiger partial charge in [-0.05, 0) is 49.2 Å². The molecule has 2 heterocycles. The highest BCUT2D eigenvalue weighted by atomic mass is 16.5. The molecule has 0 fully saturated rings. The van der Waals surface area contributed by atoms with E-state index in [4.69, 9.17) is 4.74 Å². The van der Waals surface area contributed by atoms with E-state index in [1.54, 1.807) is 18.9 Å². The highest BCUT2D eigenvalue weighted by Crippen LogP contribution is 2.20. The Morgan fingerprint density at radius 3 is 2.43 bits per heavy atom. The second-order valence-corrected chi connectivity index (χ2v) is 8.90. The number of aromatic nitrogens is 4. The zero-order valence-corrected chi connectivity index (χ0v) is 21.7. The predicted molar refractivity (Wildman–Crippen MR) is 144 cm³/mol. The maximum absolute atomic E-state index is 13.5. The number of rotatable bonds is 12. The summed E-state index contributed by atoms with van der Waals surface area (Å²) in [5.41, 5.74) is 5.88. The van der Waals surface area contributed by atoms with Crippen molar-refractivity contribution in [3.63, 3.8) is 0 Å². The lowest BCUT2D eigenvalue weighted by Gasteiger charge is -2.22. The van der Waals surface area contributed by atoms with Crippen LogP contribution in [0.1, 0.15) is 40.7 Å². The number of amides is 1. The van der Waals surface area contributed by atoms with Crippen molar-refractivity contribution in [2.24, 2.45) is 0 Å². The maximum Gasteiger partial charge on any atom is 0.276 e. The number of nitrogens with one attached hydrogen (secondary N) is 1. The largest absolute Gasteiger partial charge is 0.383 e. The molecule has 0 atom stereocenters. The summed E-state index contributed by atoms with van der Waals surface area (Å²) in [7, 11) is 1.63. The molecule has 0 spiro atoms. The van der Waals surface area contributed by atoms with Crippen molar-refractivity contribution in [1.82, 2.24) is 30.2 Å². The van der Waals surface area contributed by atoms with Gasteiger partial charge in [0.05, 0.1) is 23.7 Å². The number of carbonyl (C=O) groups is 1. The molecule has 0 aliphatic carbocycles. The second-order valence-electron chi connectivity index (χ2n) is 8.90. The molecule has 0 radical (unpaired) electrons. The predicted octanol–water partition coefficient (Wildman–Crippen LogP) is 4.43. The lowest BCUT2D eigenvalue weighted by atomic mass is 10.1. The number of methoxy groups -OCH3 is 1. The standard InChI is InChI=1S/C29H34N6O2/c1-4-16-30-19-24-12-15-27(31-20-24)25-13-10-23(11-14-25)21-34(17-18-37-3)29(36)28-22(2)32-35(33-28)26-8-6-5-7-9-26/h5-15,20,30H,4,16-19,21H2,1-3H3. The summed E-state index contributed by atoms with van der Waals surface area (Å²) in [5, 5.41) is 12.3. The number of aryl methyl sites for hydroxylation is 1. The molecule has 8 heteroatoms. The Morgan fingerprint density at radius 2 is 1.76 bits per heavy atom. The summed E-state index contributed by atoms with van der Waals surface area (Å²) in [5.74, 6) is -0.172. The summed E-state index contributed by atoms with van der Waals surface area (Å²) in [6, 6.07) is 21.9. The number of carbonyl (C=O) groups excluding carboxylic acids is 1. The van der Waals surface area contributed by atoms with Crippen molar-refractivity contribution in [2.75, 3.05) is 26.8 Å². The third kappa shape index (κ3) is 6.87. The Labute approximate surface area is 218 Å². The molecule has 0 aliphatic heterocycles. The molecule has 1 N–H and O–H groups in total. The van der Waals surface area contributed by atoms with E-state index in [0.717, 1.165) is 42.0 Å². The monoisotopic (exact) mass is 498 g/mol. The quantitative estimate of drug-likeness (QED) is 0.291. The van der Waals surface area contributed by atoms with E-state index in [0.29, 0.717) is 31.1 Å². The smallest absolute Gasteiger partial charge is 0.276 e. The number of para-hydroxylation sites is 1. The van der Waals surface area contributed by atoms with E-state index in [1.165, 1.54) is 10.4 Å². The van der Waals surface area contributed by atoms with Crippen LogP contribution in [-0.2, 0) is 17.8 Å². The van der Waals surface area contributed by atoms with Gasteiger partial charge < -0.3 is 15.0 Å². The Hall–Kier alpha value is -3.88. The first-order valence-corrected chi connectivity index (χ1v) is 12.6. The van der Waals surface area contributed by atoms with Gasteiger partial charge in [0.2, 0.25) is 0 Å². The molecule has 0 aliphatic rings. The Balaban J connectivity index is 1.46. The summed E-state index contributed by atoms with van der Waals surface area (Å²) in [6.07, 6.45) is 3.03. The third-order valence-corrected chi connectivity index (χ3v) is 6.03. The van der Waals surface area contributed by atoms with Gasteiger partial charge in [-0.1, -0.05) is 55.5 Å². The molecular weight excluding hydrogens is 464 g/mol. The summed E-state index contributed by atoms with van der Waals surface area (Å²) in [4.78, 5) is 21.4. The van der Waals surface area contributed by atoms with Crippen LogP contribution in [-0.4, -0.2) is 57.6 Å². The number of hydrogen-bond acceptors (Lipinski definition) is 6. The van der Waals surface area contributed by atoms with E-state index in [2.05, 4.69) is 33.5 Å². The summed E-state index contributed by atoms with van der Waals surface area (Å²) >= 11 is 0. The topological polar surface area (TPSA) is 85.2 Å². The van der Waals surface area contributed by atoms with Crippen LogP contribution in [0.25, 0.3) is 16.9 Å². The van der Waals surface area contributed by atoms with Crippen LogP contribution in [0.2, 0.25) is 0 Å². The van der Waals surface area contributed by atoms with Gasteiger partial charge >= 0.3 is 0 Å². The Morgan fingerprint density at radius 1 is 1.00 bits per heavy atom. The fourth-order valence-corrected chi connectivity index (χ4v) is 3.97. The molecule has 8 nitrogen and oxygen atoms in total. The minimum atomic E-state index is -0.172. The van der Waals surface area contributed by atoms with Crippen molar-refractivity contribution in [1.29, 1.82) is 0 Å². The molecule has 2 aromatic heterocycles. The minimum absolute atomic E-state index is 0.172. The van der Waals surface area contributed by atoms with Crippen molar-refractivity contribution in [3.05, 3.63) is 95.4 Å². The maximum atomic E-state index is 13.5. The summed E-state index contributed by atoms with van der Waals surface area (Å²) < 4.78 is 5.27. The van der Waals surface area contributed by atoms with Gasteiger partial charge in [0.15, 0.2) is 5.69 Å². The zero-order chi connectivity index (χ0) is 26.0. The average molecular weight is 499 g/mol. The Kier molecular flexibility index (Phi) is 9.13. The van der Waals surface area contributed by atoms with E-state index >= 15 is 0 Å². The van der Waals surface area contributed by atoms with Crippen LogP contribution in [0, 0.1) is 6.92 Å². The first-order valence-electron chi connectivity index (χ1n) is 12.6. The normalized spacial score (nSPS) is 11.0. The number of hydrogen-bond donors (Lipinski definition) is 1. The van der Waals surface area contributed by atoms with Gasteiger partial charge in [-0.2, -0.15) is 9.90 Å². The van der Waals surface area contributed by atoms with Crippen LogP contribution < -0.4 is 5.32 Å². The van der Waals surface area contributed by atoms with E-state index in [9.17, 15) is 4.79 Å². The molecule has 37 heavy (non-hydrogen) atoms. The van der Waals surface area contributed by atoms with Gasteiger partial charge in [0.1, 0.15) is 0 Å². The molecule has 4 rings (SSSR count). The van der Waals surface area contributed by atoms with Gasteiger partial charge in [0.25, 0.3) is 5.91 Å². The van der Waals surface area contributed by atoms with Crippen molar-refractivity contribution in [3.8, 4) is 16.9 Å². The Bertz CT molecular complexity index is 1270. The van der Waals surface area contributed by atoms with E-state index in [1.807, 2.05) is 66.9 Å². The average Bonchev–Trinajstić information content (AvgIpc) is 3.33. The highest BCUT2D eigenvalue weighted by molar-refractivity contribution is 5.93. The molecule has 1 amide bonds. The third-order valence-electron chi connectivity index (χ3n) is 6.03. The number of nitrogens with zero attached hydrogens (tertiary/aromatic N) is 5. The van der Waals surface area contributed by atoms with Crippen LogP contribution in [0.4, 0.5) is 0 Å². The van der Waals surface area contributed by atoms with Crippen molar-refractivity contribution in [2.45, 2.75) is 33.4 Å². The molecule has 4 aromatic rings. The van der Waals surface area contributed by atoms with Crippen molar-refractivity contribution >= 4 is 5.91 Å². The highest BCUT2D eigenvalue weighted by Gasteiger charge is 2.23. The van der Waals surface area contributed by atoms with Gasteiger partial charge in [-0.25, -0.2) is 0 Å². The number of pyridine rings is 1. The SMILES string of the molecule is CCCNCc1ccc(-c2ccc(CN(CCOC)C(=O)c3nn(-c4ccccc4)nc3C)cc2)nc1. The van der Waals surface area contributed by atoms with Crippen LogP contribution >= 0.6 is 0 Å². The van der Waals surface area contributed by atoms with Gasteiger partial charge in [0, 0.05) is 38.5 Å². The second kappa shape index (κ2) is 12.9. The molecule has 0 saturated carbocycles. The fourth-order valence-electron chi connectivity index (χ4n) is 3.97.